The summed E-state index contributed by atoms with van der Waals surface area (Å²) >= 11 is 6.37. The summed E-state index contributed by atoms with van der Waals surface area (Å²) in [5.74, 6) is -4.29. The van der Waals surface area contributed by atoms with Gasteiger partial charge in [0.25, 0.3) is 0 Å². The maximum absolute atomic E-state index is 12.6. The summed E-state index contributed by atoms with van der Waals surface area (Å²) in [4.78, 5) is 11.6. The van der Waals surface area contributed by atoms with E-state index in [0.717, 1.165) is 30.0 Å². The first-order chi connectivity index (χ1) is 13.7. The van der Waals surface area contributed by atoms with Crippen molar-refractivity contribution < 1.29 is 26.7 Å². The van der Waals surface area contributed by atoms with E-state index in [0.29, 0.717) is 16.4 Å². The van der Waals surface area contributed by atoms with Gasteiger partial charge in [0.2, 0.25) is 9.84 Å². The second-order valence-electron chi connectivity index (χ2n) is 6.01. The molecule has 3 rings (SSSR count). The lowest BCUT2D eigenvalue weighted by molar-refractivity contribution is 0.0472. The quantitative estimate of drug-likeness (QED) is 0.537. The van der Waals surface area contributed by atoms with Crippen molar-refractivity contribution in [2.75, 3.05) is 0 Å². The van der Waals surface area contributed by atoms with E-state index in [1.54, 1.807) is 6.92 Å². The fourth-order valence-electron chi connectivity index (χ4n) is 2.54. The summed E-state index contributed by atoms with van der Waals surface area (Å²) in [5, 5.41) is 4.63. The van der Waals surface area contributed by atoms with Crippen LogP contribution in [0.2, 0.25) is 5.15 Å². The number of hydrogen-bond donors (Lipinski definition) is 0. The van der Waals surface area contributed by atoms with E-state index < -0.39 is 26.5 Å². The highest BCUT2D eigenvalue weighted by molar-refractivity contribution is 7.91. The van der Waals surface area contributed by atoms with Gasteiger partial charge in [-0.25, -0.2) is 17.9 Å². The Hall–Kier alpha value is -2.78. The number of aryl methyl sites for hydroxylation is 1. The van der Waals surface area contributed by atoms with Gasteiger partial charge in [0.05, 0.1) is 21.8 Å². The Morgan fingerprint density at radius 3 is 2.34 bits per heavy atom. The minimum atomic E-state index is -4.72. The summed E-state index contributed by atoms with van der Waals surface area (Å²) in [6, 6.07) is 13.3. The van der Waals surface area contributed by atoms with E-state index in [1.807, 2.05) is 30.3 Å². The van der Waals surface area contributed by atoms with Crippen LogP contribution in [0.3, 0.4) is 0 Å². The van der Waals surface area contributed by atoms with E-state index in [9.17, 15) is 22.0 Å². The van der Waals surface area contributed by atoms with E-state index in [-0.39, 0.29) is 12.2 Å². The number of carbonyl (C=O) groups excluding carboxylic acids is 1. The molecule has 152 valence electrons. The number of carbonyl (C=O) groups is 1. The molecule has 0 spiro atoms. The average Bonchev–Trinajstić information content (AvgIpc) is 3.00. The number of nitrogens with zero attached hydrogens (tertiary/aromatic N) is 2. The molecule has 0 unspecified atom stereocenters. The summed E-state index contributed by atoms with van der Waals surface area (Å²) in [5.41, 5.74) is 1.85. The van der Waals surface area contributed by atoms with Crippen LogP contribution in [0.15, 0.2) is 59.5 Å². The number of para-hydroxylation sites is 1. The molecule has 1 heterocycles. The van der Waals surface area contributed by atoms with Gasteiger partial charge in [0.15, 0.2) is 0 Å². The molecule has 3 aromatic rings. The molecule has 0 saturated carbocycles. The van der Waals surface area contributed by atoms with Gasteiger partial charge in [-0.1, -0.05) is 29.8 Å². The second kappa shape index (κ2) is 8.30. The Morgan fingerprint density at radius 2 is 1.76 bits per heavy atom. The first-order valence-corrected chi connectivity index (χ1v) is 10.2. The van der Waals surface area contributed by atoms with E-state index in [1.165, 1.54) is 4.68 Å². The minimum Gasteiger partial charge on any atom is -0.457 e. The highest BCUT2D eigenvalue weighted by atomic mass is 35.5. The predicted molar refractivity (Wildman–Crippen MR) is 102 cm³/mol. The average molecular weight is 441 g/mol. The normalized spacial score (nSPS) is 11.6. The number of benzene rings is 2. The lowest BCUT2D eigenvalue weighted by Gasteiger charge is -2.07. The zero-order chi connectivity index (χ0) is 21.2. The van der Waals surface area contributed by atoms with Crippen LogP contribution in [0.5, 0.6) is 0 Å². The molecule has 0 saturated heterocycles. The monoisotopic (exact) mass is 440 g/mol. The molecule has 0 aliphatic rings. The van der Waals surface area contributed by atoms with Crippen molar-refractivity contribution in [1.29, 1.82) is 0 Å². The van der Waals surface area contributed by atoms with Gasteiger partial charge in [0.1, 0.15) is 11.8 Å². The van der Waals surface area contributed by atoms with Crippen LogP contribution in [0.4, 0.5) is 8.78 Å². The van der Waals surface area contributed by atoms with Gasteiger partial charge >= 0.3 is 11.7 Å². The first kappa shape index (κ1) is 20.9. The van der Waals surface area contributed by atoms with Gasteiger partial charge in [-0.15, -0.1) is 0 Å². The van der Waals surface area contributed by atoms with Gasteiger partial charge < -0.3 is 4.74 Å². The number of sulfone groups is 1. The Balaban J connectivity index is 1.74. The Labute approximate surface area is 170 Å². The van der Waals surface area contributed by atoms with Crippen LogP contribution in [0, 0.1) is 6.92 Å². The maximum atomic E-state index is 12.6. The van der Waals surface area contributed by atoms with Crippen LogP contribution in [0.25, 0.3) is 5.69 Å². The number of esters is 1. The van der Waals surface area contributed by atoms with Gasteiger partial charge in [-0.2, -0.15) is 13.9 Å². The minimum absolute atomic E-state index is 0.0162. The Morgan fingerprint density at radius 1 is 1.14 bits per heavy atom. The van der Waals surface area contributed by atoms with Crippen LogP contribution in [-0.4, -0.2) is 29.9 Å². The molecule has 6 nitrogen and oxygen atoms in total. The molecule has 1 aromatic heterocycles. The van der Waals surface area contributed by atoms with Crippen molar-refractivity contribution in [2.24, 2.45) is 0 Å². The molecular weight excluding hydrogens is 426 g/mol. The highest BCUT2D eigenvalue weighted by Gasteiger charge is 2.26. The molecule has 0 atom stereocenters. The zero-order valence-electron chi connectivity index (χ0n) is 15.1. The van der Waals surface area contributed by atoms with Crippen molar-refractivity contribution in [3.05, 3.63) is 76.6 Å². The van der Waals surface area contributed by atoms with Crippen molar-refractivity contribution >= 4 is 27.4 Å². The van der Waals surface area contributed by atoms with Crippen LogP contribution < -0.4 is 0 Å². The molecule has 10 heteroatoms. The standard InChI is InChI=1S/C19H15ClF2N2O4S/c1-12-16(17(20)24(23-12)14-5-3-2-4-6-14)11-28-18(25)13-7-9-15(10-8-13)29(26,27)19(21)22/h2-10,19H,11H2,1H3. The molecule has 0 amide bonds. The number of aromatic nitrogens is 2. The fraction of sp³-hybridized carbons (Fsp3) is 0.158. The van der Waals surface area contributed by atoms with Crippen molar-refractivity contribution in [2.45, 2.75) is 24.2 Å². The van der Waals surface area contributed by atoms with Crippen LogP contribution in [0.1, 0.15) is 21.6 Å². The largest absolute Gasteiger partial charge is 0.457 e. The van der Waals surface area contributed by atoms with Crippen molar-refractivity contribution in [3.63, 3.8) is 0 Å². The summed E-state index contributed by atoms with van der Waals surface area (Å²) < 4.78 is 54.7. The number of alkyl halides is 2. The number of halogens is 3. The summed E-state index contributed by atoms with van der Waals surface area (Å²) in [7, 11) is -4.72. The summed E-state index contributed by atoms with van der Waals surface area (Å²) in [6.07, 6.45) is 0. The van der Waals surface area contributed by atoms with E-state index >= 15 is 0 Å². The lowest BCUT2D eigenvalue weighted by Crippen LogP contribution is -2.12. The molecule has 0 bridgehead atoms. The zero-order valence-corrected chi connectivity index (χ0v) is 16.6. The fourth-order valence-corrected chi connectivity index (χ4v) is 3.59. The topological polar surface area (TPSA) is 78.3 Å². The molecule has 29 heavy (non-hydrogen) atoms. The molecule has 2 aromatic carbocycles. The second-order valence-corrected chi connectivity index (χ2v) is 8.28. The third-order valence-electron chi connectivity index (χ3n) is 4.12. The molecule has 0 aliphatic carbocycles. The molecule has 0 N–H and O–H groups in total. The maximum Gasteiger partial charge on any atom is 0.341 e. The molecule has 0 radical (unpaired) electrons. The van der Waals surface area contributed by atoms with E-state index in [4.69, 9.17) is 16.3 Å². The van der Waals surface area contributed by atoms with Gasteiger partial charge in [0, 0.05) is 5.56 Å². The summed E-state index contributed by atoms with van der Waals surface area (Å²) in [6.45, 7) is 1.56. The number of rotatable bonds is 6. The molecule has 0 fully saturated rings. The Bertz CT molecular complexity index is 1130. The first-order valence-electron chi connectivity index (χ1n) is 8.30. The third-order valence-corrected chi connectivity index (χ3v) is 5.91. The van der Waals surface area contributed by atoms with Gasteiger partial charge in [-0.3, -0.25) is 0 Å². The Kier molecular flexibility index (Phi) is 5.99. The predicted octanol–water partition coefficient (Wildman–Crippen LogP) is 4.19. The van der Waals surface area contributed by atoms with E-state index in [2.05, 4.69) is 5.10 Å². The van der Waals surface area contributed by atoms with Crippen LogP contribution in [-0.2, 0) is 21.2 Å². The highest BCUT2D eigenvalue weighted by Crippen LogP contribution is 2.25. The third kappa shape index (κ3) is 4.30. The number of hydrogen-bond acceptors (Lipinski definition) is 5. The lowest BCUT2D eigenvalue weighted by atomic mass is 10.2. The van der Waals surface area contributed by atoms with Gasteiger partial charge in [-0.05, 0) is 43.3 Å². The smallest absolute Gasteiger partial charge is 0.341 e. The van der Waals surface area contributed by atoms with Crippen LogP contribution >= 0.6 is 11.6 Å². The number of ether oxygens (including phenoxy) is 1. The SMILES string of the molecule is Cc1nn(-c2ccccc2)c(Cl)c1COC(=O)c1ccc(S(=O)(=O)C(F)F)cc1. The molecular formula is C19H15ClF2N2O4S. The van der Waals surface area contributed by atoms with Crippen molar-refractivity contribution in [1.82, 2.24) is 9.78 Å². The van der Waals surface area contributed by atoms with Crippen molar-refractivity contribution in [3.8, 4) is 5.69 Å². The molecule has 0 aliphatic heterocycles.